The first kappa shape index (κ1) is 24.7. The summed E-state index contributed by atoms with van der Waals surface area (Å²) in [6.07, 6.45) is -8.10. The molecule has 0 saturated heterocycles. The molecule has 2 aromatic rings. The SMILES string of the molecule is CN1CC2=C(NC(N)=NC2c2ccc(C(F)(F)F)cc2F)/C(=C/c2ccc(C(F)(F)F)cc2F)C1. The summed E-state index contributed by atoms with van der Waals surface area (Å²) < 4.78 is 107. The second kappa shape index (κ2) is 8.67. The fraction of sp³-hybridized carbons (Fsp3) is 0.261. The number of benzene rings is 2. The minimum Gasteiger partial charge on any atom is -0.370 e. The second-order valence-electron chi connectivity index (χ2n) is 8.25. The first-order chi connectivity index (χ1) is 16.2. The van der Waals surface area contributed by atoms with Crippen LogP contribution in [0.1, 0.15) is 28.3 Å². The van der Waals surface area contributed by atoms with Crippen LogP contribution in [0.3, 0.4) is 0 Å². The van der Waals surface area contributed by atoms with Crippen LogP contribution in [0.2, 0.25) is 0 Å². The number of halogens is 8. The Morgan fingerprint density at radius 3 is 2.11 bits per heavy atom. The average molecular weight is 502 g/mol. The predicted molar refractivity (Wildman–Crippen MR) is 113 cm³/mol. The quantitative estimate of drug-likeness (QED) is 0.552. The van der Waals surface area contributed by atoms with Crippen molar-refractivity contribution in [3.05, 3.63) is 87.1 Å². The summed E-state index contributed by atoms with van der Waals surface area (Å²) in [6.45, 7) is 0.471. The number of guanidine groups is 1. The summed E-state index contributed by atoms with van der Waals surface area (Å²) in [6, 6.07) is 3.19. The number of nitrogens with one attached hydrogen (secondary N) is 1. The first-order valence-corrected chi connectivity index (χ1v) is 10.2. The van der Waals surface area contributed by atoms with E-state index in [1.54, 1.807) is 11.9 Å². The van der Waals surface area contributed by atoms with Crippen LogP contribution in [0.4, 0.5) is 35.1 Å². The Labute approximate surface area is 194 Å². The number of hydrogen-bond donors (Lipinski definition) is 2. The molecule has 12 heteroatoms. The summed E-state index contributed by atoms with van der Waals surface area (Å²) >= 11 is 0. The lowest BCUT2D eigenvalue weighted by molar-refractivity contribution is -0.138. The summed E-state index contributed by atoms with van der Waals surface area (Å²) in [5.41, 5.74) is 4.59. The van der Waals surface area contributed by atoms with E-state index in [-0.39, 0.29) is 30.2 Å². The molecule has 0 radical (unpaired) electrons. The summed E-state index contributed by atoms with van der Waals surface area (Å²) in [4.78, 5) is 5.94. The van der Waals surface area contributed by atoms with Gasteiger partial charge in [0.1, 0.15) is 17.7 Å². The molecular weight excluding hydrogens is 484 g/mol. The molecule has 35 heavy (non-hydrogen) atoms. The molecule has 0 saturated carbocycles. The zero-order valence-corrected chi connectivity index (χ0v) is 18.0. The Hall–Kier alpha value is -3.41. The van der Waals surface area contributed by atoms with Crippen LogP contribution in [0, 0.1) is 11.6 Å². The molecule has 2 aliphatic rings. The molecule has 2 heterocycles. The highest BCUT2D eigenvalue weighted by molar-refractivity contribution is 5.84. The van der Waals surface area contributed by atoms with Crippen molar-refractivity contribution in [1.29, 1.82) is 0 Å². The zero-order chi connectivity index (χ0) is 25.7. The highest BCUT2D eigenvalue weighted by Crippen LogP contribution is 2.39. The maximum atomic E-state index is 14.8. The largest absolute Gasteiger partial charge is 0.416 e. The molecule has 4 rings (SSSR count). The maximum absolute atomic E-state index is 14.8. The van der Waals surface area contributed by atoms with E-state index < -0.39 is 41.2 Å². The molecule has 3 N–H and O–H groups in total. The fourth-order valence-electron chi connectivity index (χ4n) is 4.07. The topological polar surface area (TPSA) is 53.6 Å². The van der Waals surface area contributed by atoms with Crippen molar-refractivity contribution in [1.82, 2.24) is 10.2 Å². The molecule has 0 bridgehead atoms. The van der Waals surface area contributed by atoms with Gasteiger partial charge in [-0.05, 0) is 48.5 Å². The molecule has 2 aromatic carbocycles. The smallest absolute Gasteiger partial charge is 0.370 e. The lowest BCUT2D eigenvalue weighted by atomic mass is 9.89. The van der Waals surface area contributed by atoms with E-state index in [2.05, 4.69) is 10.3 Å². The van der Waals surface area contributed by atoms with Crippen LogP contribution in [0.25, 0.3) is 6.08 Å². The Kier molecular flexibility index (Phi) is 6.12. The Balaban J connectivity index is 1.78. The van der Waals surface area contributed by atoms with Gasteiger partial charge in [-0.1, -0.05) is 12.1 Å². The van der Waals surface area contributed by atoms with E-state index in [9.17, 15) is 35.1 Å². The van der Waals surface area contributed by atoms with Crippen LogP contribution in [0.5, 0.6) is 0 Å². The van der Waals surface area contributed by atoms with E-state index in [0.717, 1.165) is 24.3 Å². The molecule has 2 aliphatic heterocycles. The third kappa shape index (κ3) is 5.02. The molecule has 0 aliphatic carbocycles. The van der Waals surface area contributed by atoms with E-state index in [1.165, 1.54) is 6.08 Å². The number of hydrogen-bond acceptors (Lipinski definition) is 4. The summed E-state index contributed by atoms with van der Waals surface area (Å²) in [7, 11) is 1.70. The zero-order valence-electron chi connectivity index (χ0n) is 18.0. The first-order valence-electron chi connectivity index (χ1n) is 10.2. The lowest BCUT2D eigenvalue weighted by Gasteiger charge is -2.36. The van der Waals surface area contributed by atoms with Crippen LogP contribution in [-0.2, 0) is 12.4 Å². The number of aliphatic imine (C=N–C) groups is 1. The molecule has 1 atom stereocenters. The minimum atomic E-state index is -4.73. The van der Waals surface area contributed by atoms with Crippen molar-refractivity contribution in [3.8, 4) is 0 Å². The van der Waals surface area contributed by atoms with Gasteiger partial charge in [0, 0.05) is 29.9 Å². The average Bonchev–Trinajstić information content (AvgIpc) is 2.74. The highest BCUT2D eigenvalue weighted by Gasteiger charge is 2.36. The third-order valence-corrected chi connectivity index (χ3v) is 5.65. The molecule has 1 unspecified atom stereocenters. The van der Waals surface area contributed by atoms with Crippen LogP contribution >= 0.6 is 0 Å². The standard InChI is InChI=1S/C23H18F8N4/c1-35-9-12(6-11-2-3-13(7-17(11)24)22(26,27)28)19-16(10-35)20(34-21(32)33-19)15-5-4-14(8-18(15)25)23(29,30)31/h2-8,20H,9-10H2,1H3,(H3,32,33,34)/b12-6+. The number of nitrogens with zero attached hydrogens (tertiary/aromatic N) is 2. The van der Waals surface area contributed by atoms with Crippen LogP contribution in [-0.4, -0.2) is 31.0 Å². The number of nitrogens with two attached hydrogens (primary N) is 1. The van der Waals surface area contributed by atoms with Gasteiger partial charge in [0.2, 0.25) is 0 Å². The van der Waals surface area contributed by atoms with Crippen LogP contribution in [0.15, 0.2) is 58.2 Å². The van der Waals surface area contributed by atoms with Crippen molar-refractivity contribution >= 4 is 12.0 Å². The fourth-order valence-corrected chi connectivity index (χ4v) is 4.07. The number of rotatable bonds is 2. The highest BCUT2D eigenvalue weighted by atomic mass is 19.4. The number of alkyl halides is 6. The van der Waals surface area contributed by atoms with Gasteiger partial charge in [-0.25, -0.2) is 13.8 Å². The minimum absolute atomic E-state index is 0.115. The van der Waals surface area contributed by atoms with Crippen molar-refractivity contribution in [2.24, 2.45) is 10.7 Å². The Morgan fingerprint density at radius 2 is 1.54 bits per heavy atom. The van der Waals surface area contributed by atoms with Crippen molar-refractivity contribution in [2.45, 2.75) is 18.4 Å². The van der Waals surface area contributed by atoms with E-state index >= 15 is 0 Å². The van der Waals surface area contributed by atoms with Gasteiger partial charge < -0.3 is 11.1 Å². The predicted octanol–water partition coefficient (Wildman–Crippen LogP) is 5.24. The molecule has 186 valence electrons. The molecule has 0 spiro atoms. The van der Waals surface area contributed by atoms with E-state index in [1.807, 2.05) is 0 Å². The number of likely N-dealkylation sites (N-methyl/N-ethyl adjacent to an activating group) is 1. The summed E-state index contributed by atoms with van der Waals surface area (Å²) in [5.74, 6) is -2.36. The van der Waals surface area contributed by atoms with Gasteiger partial charge in [0.25, 0.3) is 0 Å². The molecule has 0 fully saturated rings. The third-order valence-electron chi connectivity index (χ3n) is 5.65. The molecule has 0 aromatic heterocycles. The Morgan fingerprint density at radius 1 is 0.943 bits per heavy atom. The monoisotopic (exact) mass is 502 g/mol. The summed E-state index contributed by atoms with van der Waals surface area (Å²) in [5, 5.41) is 2.83. The lowest BCUT2D eigenvalue weighted by Crippen LogP contribution is -2.43. The molecular formula is C23H18F8N4. The van der Waals surface area contributed by atoms with Gasteiger partial charge in [0.05, 0.1) is 11.1 Å². The maximum Gasteiger partial charge on any atom is 0.416 e. The van der Waals surface area contributed by atoms with E-state index in [4.69, 9.17) is 5.73 Å². The van der Waals surface area contributed by atoms with Gasteiger partial charge in [-0.15, -0.1) is 0 Å². The van der Waals surface area contributed by atoms with Crippen LogP contribution < -0.4 is 11.1 Å². The van der Waals surface area contributed by atoms with Gasteiger partial charge in [-0.2, -0.15) is 26.3 Å². The normalized spacial score (nSPS) is 20.5. The second-order valence-corrected chi connectivity index (χ2v) is 8.25. The Bertz CT molecular complexity index is 1260. The van der Waals surface area contributed by atoms with Crippen molar-refractivity contribution < 1.29 is 35.1 Å². The molecule has 4 nitrogen and oxygen atoms in total. The molecule has 0 amide bonds. The van der Waals surface area contributed by atoms with Gasteiger partial charge in [-0.3, -0.25) is 4.90 Å². The van der Waals surface area contributed by atoms with E-state index in [0.29, 0.717) is 29.0 Å². The van der Waals surface area contributed by atoms with Crippen molar-refractivity contribution in [3.63, 3.8) is 0 Å². The van der Waals surface area contributed by atoms with Gasteiger partial charge >= 0.3 is 12.4 Å². The van der Waals surface area contributed by atoms with Gasteiger partial charge in [0.15, 0.2) is 5.96 Å². The van der Waals surface area contributed by atoms with Crippen molar-refractivity contribution in [2.75, 3.05) is 20.1 Å².